The van der Waals surface area contributed by atoms with E-state index in [1.54, 1.807) is 6.26 Å². The van der Waals surface area contributed by atoms with Gasteiger partial charge in [0.05, 0.1) is 0 Å². The van der Waals surface area contributed by atoms with Crippen LogP contribution in [0.2, 0.25) is 0 Å². The molecule has 84 valence electrons. The van der Waals surface area contributed by atoms with E-state index in [0.29, 0.717) is 18.8 Å². The number of alkyl halides is 1. The van der Waals surface area contributed by atoms with Gasteiger partial charge in [0.15, 0.2) is 0 Å². The van der Waals surface area contributed by atoms with Gasteiger partial charge in [-0.2, -0.15) is 0 Å². The van der Waals surface area contributed by atoms with Crippen molar-refractivity contribution in [2.24, 2.45) is 0 Å². The first kappa shape index (κ1) is 13.9. The summed E-state index contributed by atoms with van der Waals surface area (Å²) in [7, 11) is -0.870. The summed E-state index contributed by atoms with van der Waals surface area (Å²) in [4.78, 5) is 11.2. The maximum absolute atomic E-state index is 11.2. The zero-order valence-electron chi connectivity index (χ0n) is 8.72. The Bertz CT molecular complexity index is 199. The summed E-state index contributed by atoms with van der Waals surface area (Å²) in [6, 6.07) is 0. The molecule has 0 aromatic carbocycles. The van der Waals surface area contributed by atoms with Crippen LogP contribution in [0.4, 0.5) is 0 Å². The van der Waals surface area contributed by atoms with E-state index < -0.39 is 10.8 Å². The van der Waals surface area contributed by atoms with Gasteiger partial charge >= 0.3 is 0 Å². The van der Waals surface area contributed by atoms with E-state index in [1.807, 2.05) is 6.92 Å². The molecule has 0 saturated carbocycles. The predicted octanol–water partition coefficient (Wildman–Crippen LogP) is 1.28. The van der Waals surface area contributed by atoms with Crippen LogP contribution in [0.3, 0.4) is 0 Å². The fraction of sp³-hybridized carbons (Fsp3) is 0.889. The SMILES string of the molecule is CC(CNC(=O)CCCCCl)S(C)=O. The first-order chi connectivity index (χ1) is 6.57. The molecular formula is C9H18ClNO2S. The Hall–Kier alpha value is -0.0900. The maximum atomic E-state index is 11.2. The van der Waals surface area contributed by atoms with E-state index in [4.69, 9.17) is 11.6 Å². The molecule has 1 N–H and O–H groups in total. The van der Waals surface area contributed by atoms with Gasteiger partial charge in [-0.3, -0.25) is 9.00 Å². The highest BCUT2D eigenvalue weighted by Crippen LogP contribution is 1.97. The second-order valence-corrected chi connectivity index (χ2v) is 5.44. The van der Waals surface area contributed by atoms with Gasteiger partial charge in [-0.1, -0.05) is 0 Å². The summed E-state index contributed by atoms with van der Waals surface area (Å²) in [5, 5.41) is 2.77. The molecule has 2 atom stereocenters. The first-order valence-corrected chi connectivity index (χ1v) is 6.88. The molecule has 0 aromatic rings. The van der Waals surface area contributed by atoms with Crippen LogP contribution >= 0.6 is 11.6 Å². The second kappa shape index (κ2) is 8.24. The van der Waals surface area contributed by atoms with Crippen LogP contribution in [-0.4, -0.2) is 34.0 Å². The summed E-state index contributed by atoms with van der Waals surface area (Å²) in [6.07, 6.45) is 3.84. The molecule has 5 heteroatoms. The van der Waals surface area contributed by atoms with Crippen molar-refractivity contribution in [3.8, 4) is 0 Å². The van der Waals surface area contributed by atoms with E-state index in [-0.39, 0.29) is 11.2 Å². The molecule has 0 aliphatic heterocycles. The number of rotatable bonds is 7. The third kappa shape index (κ3) is 7.33. The fourth-order valence-corrected chi connectivity index (χ4v) is 1.35. The van der Waals surface area contributed by atoms with Crippen LogP contribution in [0, 0.1) is 0 Å². The van der Waals surface area contributed by atoms with E-state index in [9.17, 15) is 9.00 Å². The van der Waals surface area contributed by atoms with Gasteiger partial charge in [-0.05, 0) is 19.8 Å². The lowest BCUT2D eigenvalue weighted by molar-refractivity contribution is -0.121. The summed E-state index contributed by atoms with van der Waals surface area (Å²) >= 11 is 5.48. The lowest BCUT2D eigenvalue weighted by Gasteiger charge is -2.09. The summed E-state index contributed by atoms with van der Waals surface area (Å²) in [6.45, 7) is 2.35. The minimum atomic E-state index is -0.870. The molecule has 0 heterocycles. The Balaban J connectivity index is 3.48. The van der Waals surface area contributed by atoms with Crippen LogP contribution in [0.25, 0.3) is 0 Å². The fourth-order valence-electron chi connectivity index (χ4n) is 0.843. The van der Waals surface area contributed by atoms with Crippen LogP contribution in [0.1, 0.15) is 26.2 Å². The number of carbonyl (C=O) groups is 1. The summed E-state index contributed by atoms with van der Waals surface area (Å²) in [5.41, 5.74) is 0. The number of nitrogens with one attached hydrogen (secondary N) is 1. The van der Waals surface area contributed by atoms with Crippen LogP contribution in [-0.2, 0) is 15.6 Å². The van der Waals surface area contributed by atoms with Crippen LogP contribution in [0.5, 0.6) is 0 Å². The predicted molar refractivity (Wildman–Crippen MR) is 61.1 cm³/mol. The molecule has 0 aliphatic rings. The van der Waals surface area contributed by atoms with E-state index >= 15 is 0 Å². The minimum absolute atomic E-state index is 0.0203. The van der Waals surface area contributed by atoms with Gasteiger partial charge in [-0.25, -0.2) is 0 Å². The van der Waals surface area contributed by atoms with E-state index in [1.165, 1.54) is 0 Å². The van der Waals surface area contributed by atoms with Crippen molar-refractivity contribution < 1.29 is 9.00 Å². The third-order valence-corrected chi connectivity index (χ3v) is 3.51. The number of hydrogen-bond donors (Lipinski definition) is 1. The number of hydrogen-bond acceptors (Lipinski definition) is 2. The number of carbonyl (C=O) groups excluding carboxylic acids is 1. The number of unbranched alkanes of at least 4 members (excludes halogenated alkanes) is 1. The average molecular weight is 240 g/mol. The second-order valence-electron chi connectivity index (χ2n) is 3.26. The lowest BCUT2D eigenvalue weighted by atomic mass is 10.2. The van der Waals surface area contributed by atoms with Crippen molar-refractivity contribution in [2.45, 2.75) is 31.4 Å². The van der Waals surface area contributed by atoms with E-state index in [2.05, 4.69) is 5.32 Å². The molecule has 0 bridgehead atoms. The monoisotopic (exact) mass is 239 g/mol. The molecule has 14 heavy (non-hydrogen) atoms. The molecule has 0 rings (SSSR count). The molecular weight excluding hydrogens is 222 g/mol. The first-order valence-electron chi connectivity index (χ1n) is 4.72. The summed E-state index contributed by atoms with van der Waals surface area (Å²) < 4.78 is 11.0. The van der Waals surface area contributed by atoms with E-state index in [0.717, 1.165) is 12.8 Å². The van der Waals surface area contributed by atoms with Gasteiger partial charge in [0.2, 0.25) is 5.91 Å². The Morgan fingerprint density at radius 3 is 2.64 bits per heavy atom. The Morgan fingerprint density at radius 1 is 1.50 bits per heavy atom. The molecule has 0 spiro atoms. The van der Waals surface area contributed by atoms with Crippen molar-refractivity contribution in [1.82, 2.24) is 5.32 Å². The molecule has 0 aliphatic carbocycles. The van der Waals surface area contributed by atoms with Gasteiger partial charge in [0, 0.05) is 41.2 Å². The topological polar surface area (TPSA) is 46.2 Å². The molecule has 0 aromatic heterocycles. The molecule has 0 fully saturated rings. The molecule has 0 saturated heterocycles. The lowest BCUT2D eigenvalue weighted by Crippen LogP contribution is -2.32. The molecule has 3 nitrogen and oxygen atoms in total. The minimum Gasteiger partial charge on any atom is -0.355 e. The van der Waals surface area contributed by atoms with Crippen molar-refractivity contribution in [1.29, 1.82) is 0 Å². The zero-order valence-corrected chi connectivity index (χ0v) is 10.3. The molecule has 1 amide bonds. The van der Waals surface area contributed by atoms with Crippen molar-refractivity contribution in [2.75, 3.05) is 18.7 Å². The summed E-state index contributed by atoms with van der Waals surface area (Å²) in [5.74, 6) is 0.621. The number of amides is 1. The maximum Gasteiger partial charge on any atom is 0.220 e. The normalized spacial score (nSPS) is 14.8. The standard InChI is InChI=1S/C9H18ClNO2S/c1-8(14(2)13)7-11-9(12)5-3-4-6-10/h8H,3-7H2,1-2H3,(H,11,12). The number of halogens is 1. The average Bonchev–Trinajstić information content (AvgIpc) is 2.14. The van der Waals surface area contributed by atoms with Gasteiger partial charge in [-0.15, -0.1) is 11.6 Å². The highest BCUT2D eigenvalue weighted by Gasteiger charge is 2.07. The van der Waals surface area contributed by atoms with Gasteiger partial charge in [0.25, 0.3) is 0 Å². The third-order valence-electron chi connectivity index (χ3n) is 1.94. The molecule has 2 unspecified atom stereocenters. The van der Waals surface area contributed by atoms with Gasteiger partial charge < -0.3 is 5.32 Å². The largest absolute Gasteiger partial charge is 0.355 e. The Labute approximate surface area is 93.0 Å². The van der Waals surface area contributed by atoms with Gasteiger partial charge in [0.1, 0.15) is 0 Å². The van der Waals surface area contributed by atoms with Crippen LogP contribution < -0.4 is 5.32 Å². The smallest absolute Gasteiger partial charge is 0.220 e. The highest BCUT2D eigenvalue weighted by molar-refractivity contribution is 7.84. The quantitative estimate of drug-likeness (QED) is 0.538. The molecule has 0 radical (unpaired) electrons. The van der Waals surface area contributed by atoms with Crippen molar-refractivity contribution >= 4 is 28.3 Å². The van der Waals surface area contributed by atoms with Crippen molar-refractivity contribution in [3.63, 3.8) is 0 Å². The zero-order chi connectivity index (χ0) is 11.0. The Kier molecular flexibility index (Phi) is 8.18. The Morgan fingerprint density at radius 2 is 2.14 bits per heavy atom. The van der Waals surface area contributed by atoms with Crippen molar-refractivity contribution in [3.05, 3.63) is 0 Å². The highest BCUT2D eigenvalue weighted by atomic mass is 35.5. The van der Waals surface area contributed by atoms with Crippen LogP contribution in [0.15, 0.2) is 0 Å².